The molecule has 1 aromatic carbocycles. The van der Waals surface area contributed by atoms with Crippen LogP contribution in [0.25, 0.3) is 12.5 Å². The molecular formula is C8H5O2. The lowest BCUT2D eigenvalue weighted by Crippen LogP contribution is -2.26. The highest BCUT2D eigenvalue weighted by atomic mass is 17.2. The van der Waals surface area contributed by atoms with E-state index >= 15 is 0 Å². The van der Waals surface area contributed by atoms with Crippen LogP contribution in [0.5, 0.6) is 0 Å². The second kappa shape index (κ2) is 2.06. The van der Waals surface area contributed by atoms with E-state index in [0.717, 1.165) is 10.4 Å². The van der Waals surface area contributed by atoms with Crippen molar-refractivity contribution in [2.45, 2.75) is 0 Å². The van der Waals surface area contributed by atoms with Crippen LogP contribution in [-0.4, -0.2) is 0 Å². The summed E-state index contributed by atoms with van der Waals surface area (Å²) in [6.45, 7) is 0. The molecule has 0 saturated carbocycles. The van der Waals surface area contributed by atoms with Crippen molar-refractivity contribution in [3.63, 3.8) is 0 Å². The van der Waals surface area contributed by atoms with Crippen LogP contribution in [0, 0.1) is 6.07 Å². The molecule has 0 N–H and O–H groups in total. The van der Waals surface area contributed by atoms with E-state index in [1.807, 2.05) is 18.2 Å². The third-order valence-electron chi connectivity index (χ3n) is 1.34. The molecule has 0 atom stereocenters. The van der Waals surface area contributed by atoms with Crippen LogP contribution in [0.4, 0.5) is 0 Å². The Bertz CT molecular complexity index is 306. The summed E-state index contributed by atoms with van der Waals surface area (Å²) in [6, 6.07) is 8.52. The van der Waals surface area contributed by atoms with Gasteiger partial charge in [-0.05, 0) is 12.1 Å². The second-order valence-electron chi connectivity index (χ2n) is 1.98. The first-order valence-electron chi connectivity index (χ1n) is 2.95. The maximum Gasteiger partial charge on any atom is 0.150 e. The average molecular weight is 133 g/mol. The number of hydrogen-bond acceptors (Lipinski definition) is 2. The number of benzene rings is 1. The molecule has 1 aliphatic rings. The van der Waals surface area contributed by atoms with Crippen molar-refractivity contribution in [1.29, 1.82) is 0 Å². The largest absolute Gasteiger partial charge is 0.298 e. The molecule has 10 heavy (non-hydrogen) atoms. The summed E-state index contributed by atoms with van der Waals surface area (Å²) in [4.78, 5) is 9.20. The Labute approximate surface area is 57.9 Å². The van der Waals surface area contributed by atoms with Crippen LogP contribution in [-0.2, 0) is 9.78 Å². The normalized spacial score (nSPS) is 13.2. The van der Waals surface area contributed by atoms with Gasteiger partial charge in [0.15, 0.2) is 12.5 Å². The molecule has 0 unspecified atom stereocenters. The monoisotopic (exact) mass is 133 g/mol. The van der Waals surface area contributed by atoms with E-state index in [1.54, 1.807) is 12.5 Å². The molecule has 0 fully saturated rings. The summed E-state index contributed by atoms with van der Waals surface area (Å²) < 4.78 is 0. The van der Waals surface area contributed by atoms with Crippen LogP contribution in [0.15, 0.2) is 18.2 Å². The third kappa shape index (κ3) is 0.739. The molecule has 0 amide bonds. The minimum absolute atomic E-state index is 0.994. The highest BCUT2D eigenvalue weighted by Gasteiger charge is 1.90. The fraction of sp³-hybridized carbons (Fsp3) is 0. The molecular weight excluding hydrogens is 128 g/mol. The minimum Gasteiger partial charge on any atom is -0.298 e. The van der Waals surface area contributed by atoms with Gasteiger partial charge in [0.25, 0.3) is 0 Å². The Balaban J connectivity index is 2.84. The van der Waals surface area contributed by atoms with Gasteiger partial charge in [-0.25, -0.2) is 0 Å². The topological polar surface area (TPSA) is 18.5 Å². The van der Waals surface area contributed by atoms with Gasteiger partial charge < -0.3 is 0 Å². The van der Waals surface area contributed by atoms with Crippen LogP contribution in [0.3, 0.4) is 0 Å². The first-order chi connectivity index (χ1) is 4.97. The Hall–Kier alpha value is -1.44. The molecule has 1 heterocycles. The number of hydrogen-bond donors (Lipinski definition) is 0. The first-order valence-corrected chi connectivity index (χ1v) is 2.95. The van der Waals surface area contributed by atoms with E-state index in [-0.39, 0.29) is 0 Å². The summed E-state index contributed by atoms with van der Waals surface area (Å²) in [6.07, 6.45) is 3.11. The van der Waals surface area contributed by atoms with Gasteiger partial charge in [-0.2, -0.15) is 0 Å². The lowest BCUT2D eigenvalue weighted by atomic mass is 10.2. The van der Waals surface area contributed by atoms with Gasteiger partial charge in [0.2, 0.25) is 0 Å². The van der Waals surface area contributed by atoms with Gasteiger partial charge in [-0.1, -0.05) is 12.1 Å². The maximum absolute atomic E-state index is 4.60. The summed E-state index contributed by atoms with van der Waals surface area (Å²) in [5.41, 5.74) is 0. The summed E-state index contributed by atoms with van der Waals surface area (Å²) in [5.74, 6) is 0. The molecule has 2 nitrogen and oxygen atoms in total. The standard InChI is InChI=1S/C8H5O2/c1-2-4-8-6-10-9-5-7(8)3-1/h1,3-6H. The zero-order valence-electron chi connectivity index (χ0n) is 5.20. The highest BCUT2D eigenvalue weighted by molar-refractivity contribution is 5.26. The van der Waals surface area contributed by atoms with Crippen LogP contribution < -0.4 is 10.4 Å². The average Bonchev–Trinajstić information content (AvgIpc) is 2.05. The van der Waals surface area contributed by atoms with E-state index in [2.05, 4.69) is 15.8 Å². The van der Waals surface area contributed by atoms with E-state index in [1.165, 1.54) is 0 Å². The summed E-state index contributed by atoms with van der Waals surface area (Å²) >= 11 is 0. The van der Waals surface area contributed by atoms with E-state index < -0.39 is 0 Å². The lowest BCUT2D eigenvalue weighted by molar-refractivity contribution is -0.151. The van der Waals surface area contributed by atoms with Crippen molar-refractivity contribution in [1.82, 2.24) is 0 Å². The SMILES string of the molecule is [c]1ccc2c(c1)=COOC=2. The van der Waals surface area contributed by atoms with Crippen LogP contribution in [0.1, 0.15) is 0 Å². The Morgan fingerprint density at radius 3 is 2.70 bits per heavy atom. The number of rotatable bonds is 0. The molecule has 2 rings (SSSR count). The summed E-state index contributed by atoms with van der Waals surface area (Å²) in [5, 5.41) is 2.01. The van der Waals surface area contributed by atoms with Gasteiger partial charge in [0.1, 0.15) is 0 Å². The first kappa shape index (κ1) is 5.35. The quantitative estimate of drug-likeness (QED) is 0.461. The fourth-order valence-corrected chi connectivity index (χ4v) is 0.824. The highest BCUT2D eigenvalue weighted by Crippen LogP contribution is 1.84. The predicted octanol–water partition coefficient (Wildman–Crippen LogP) is -0.0754. The maximum atomic E-state index is 4.60. The van der Waals surface area contributed by atoms with Crippen LogP contribution >= 0.6 is 0 Å². The van der Waals surface area contributed by atoms with Crippen molar-refractivity contribution in [2.75, 3.05) is 0 Å². The molecule has 0 spiro atoms. The van der Waals surface area contributed by atoms with Gasteiger partial charge >= 0.3 is 0 Å². The van der Waals surface area contributed by atoms with Crippen molar-refractivity contribution in [2.24, 2.45) is 0 Å². The number of fused-ring (bicyclic) bond motifs is 1. The Morgan fingerprint density at radius 2 is 1.90 bits per heavy atom. The molecule has 0 bridgehead atoms. The van der Waals surface area contributed by atoms with Gasteiger partial charge in [0, 0.05) is 10.4 Å². The molecule has 0 saturated heterocycles. The third-order valence-corrected chi connectivity index (χ3v) is 1.34. The Kier molecular flexibility index (Phi) is 1.10. The second-order valence-corrected chi connectivity index (χ2v) is 1.98. The molecule has 1 radical (unpaired) electrons. The van der Waals surface area contributed by atoms with Crippen molar-refractivity contribution >= 4 is 12.5 Å². The van der Waals surface area contributed by atoms with E-state index in [0.29, 0.717) is 0 Å². The van der Waals surface area contributed by atoms with Gasteiger partial charge in [-0.3, -0.25) is 9.78 Å². The smallest absolute Gasteiger partial charge is 0.150 e. The molecule has 0 aliphatic carbocycles. The lowest BCUT2D eigenvalue weighted by Gasteiger charge is -1.99. The summed E-state index contributed by atoms with van der Waals surface area (Å²) in [7, 11) is 0. The zero-order valence-corrected chi connectivity index (χ0v) is 5.20. The minimum atomic E-state index is 0.994. The van der Waals surface area contributed by atoms with Gasteiger partial charge in [0.05, 0.1) is 0 Å². The van der Waals surface area contributed by atoms with Crippen LogP contribution in [0.2, 0.25) is 0 Å². The van der Waals surface area contributed by atoms with Crippen molar-refractivity contribution < 1.29 is 9.78 Å². The van der Waals surface area contributed by atoms with E-state index in [4.69, 9.17) is 0 Å². The molecule has 2 heteroatoms. The van der Waals surface area contributed by atoms with Crippen molar-refractivity contribution in [3.05, 3.63) is 34.7 Å². The zero-order chi connectivity index (χ0) is 6.81. The van der Waals surface area contributed by atoms with E-state index in [9.17, 15) is 0 Å². The molecule has 0 aromatic heterocycles. The Morgan fingerprint density at radius 1 is 1.10 bits per heavy atom. The fourth-order valence-electron chi connectivity index (χ4n) is 0.824. The molecule has 1 aromatic rings. The predicted molar refractivity (Wildman–Crippen MR) is 35.6 cm³/mol. The molecule has 49 valence electrons. The molecule has 1 aliphatic heterocycles. The van der Waals surface area contributed by atoms with Gasteiger partial charge in [-0.15, -0.1) is 0 Å². The van der Waals surface area contributed by atoms with Crippen molar-refractivity contribution in [3.8, 4) is 0 Å².